The molecule has 3 aliphatic rings. The number of carboxylic acid groups (broad SMARTS) is 1. The first-order valence-electron chi connectivity index (χ1n) is 5.22. The van der Waals surface area contributed by atoms with Crippen LogP contribution in [0.1, 0.15) is 12.8 Å². The van der Waals surface area contributed by atoms with Crippen molar-refractivity contribution in [1.29, 1.82) is 0 Å². The summed E-state index contributed by atoms with van der Waals surface area (Å²) in [6.07, 6.45) is 1.42. The Morgan fingerprint density at radius 3 is 2.81 bits per heavy atom. The van der Waals surface area contributed by atoms with E-state index in [0.29, 0.717) is 0 Å². The Kier molecular flexibility index (Phi) is 2.04. The van der Waals surface area contributed by atoms with E-state index in [1.54, 1.807) is 0 Å². The molecule has 3 rings (SSSR count). The molecule has 0 radical (unpaired) electrons. The summed E-state index contributed by atoms with van der Waals surface area (Å²) >= 11 is 0.824. The van der Waals surface area contributed by atoms with Gasteiger partial charge < -0.3 is 9.84 Å². The second-order valence-corrected chi connectivity index (χ2v) is 5.73. The van der Waals surface area contributed by atoms with Crippen molar-refractivity contribution in [3.63, 3.8) is 0 Å². The first-order chi connectivity index (χ1) is 7.58. The van der Waals surface area contributed by atoms with Crippen molar-refractivity contribution in [3.8, 4) is 0 Å². The summed E-state index contributed by atoms with van der Waals surface area (Å²) in [5.74, 6) is -1.10. The molecule has 16 heavy (non-hydrogen) atoms. The van der Waals surface area contributed by atoms with Gasteiger partial charge in [-0.2, -0.15) is 0 Å². The molecule has 2 aliphatic carbocycles. The number of carboxylic acids is 1. The lowest BCUT2D eigenvalue weighted by molar-refractivity contribution is -0.145. The first-order valence-corrected chi connectivity index (χ1v) is 6.10. The van der Waals surface area contributed by atoms with Crippen LogP contribution in [0.2, 0.25) is 0 Å². The molecule has 2 bridgehead atoms. The van der Waals surface area contributed by atoms with E-state index in [-0.39, 0.29) is 35.1 Å². The summed E-state index contributed by atoms with van der Waals surface area (Å²) in [4.78, 5) is 33.1. The van der Waals surface area contributed by atoms with Crippen LogP contribution in [0, 0.1) is 17.8 Å². The van der Waals surface area contributed by atoms with Gasteiger partial charge in [0.25, 0.3) is 5.12 Å². The fourth-order valence-corrected chi connectivity index (χ4v) is 4.39. The normalized spacial score (nSPS) is 43.5. The van der Waals surface area contributed by atoms with E-state index in [9.17, 15) is 14.4 Å². The Morgan fingerprint density at radius 2 is 2.12 bits per heavy atom. The number of fused-ring (bicyclic) bond motifs is 1. The highest BCUT2D eigenvalue weighted by Gasteiger charge is 2.62. The molecular formula is C10H10O5S. The van der Waals surface area contributed by atoms with Crippen LogP contribution < -0.4 is 0 Å². The molecule has 1 N–H and O–H groups in total. The van der Waals surface area contributed by atoms with Gasteiger partial charge in [-0.25, -0.2) is 4.79 Å². The minimum Gasteiger partial charge on any atom is -0.475 e. The number of hydrogen-bond donors (Lipinski definition) is 1. The van der Waals surface area contributed by atoms with Crippen molar-refractivity contribution in [1.82, 2.24) is 0 Å². The van der Waals surface area contributed by atoms with E-state index in [1.165, 1.54) is 0 Å². The number of carbonyl (C=O) groups is 3. The summed E-state index contributed by atoms with van der Waals surface area (Å²) < 4.78 is 5.23. The van der Waals surface area contributed by atoms with E-state index >= 15 is 0 Å². The molecule has 86 valence electrons. The second kappa shape index (κ2) is 3.23. The molecule has 0 amide bonds. The van der Waals surface area contributed by atoms with Crippen molar-refractivity contribution in [2.45, 2.75) is 24.2 Å². The van der Waals surface area contributed by atoms with Crippen molar-refractivity contribution in [2.24, 2.45) is 17.8 Å². The van der Waals surface area contributed by atoms with Gasteiger partial charge in [-0.3, -0.25) is 9.59 Å². The van der Waals surface area contributed by atoms with Gasteiger partial charge in [0.05, 0.1) is 11.2 Å². The molecule has 0 aromatic rings. The molecule has 1 aliphatic heterocycles. The van der Waals surface area contributed by atoms with Gasteiger partial charge in [-0.05, 0) is 18.8 Å². The third kappa shape index (κ3) is 1.22. The highest BCUT2D eigenvalue weighted by Crippen LogP contribution is 2.57. The molecule has 0 aromatic carbocycles. The van der Waals surface area contributed by atoms with E-state index in [0.717, 1.165) is 24.6 Å². The van der Waals surface area contributed by atoms with Gasteiger partial charge in [-0.15, -0.1) is 0 Å². The molecule has 3 fully saturated rings. The molecule has 1 saturated heterocycles. The molecule has 1 heterocycles. The number of rotatable bonds is 1. The van der Waals surface area contributed by atoms with Crippen LogP contribution in [0.5, 0.6) is 0 Å². The fourth-order valence-electron chi connectivity index (χ4n) is 3.24. The number of ether oxygens (including phenoxy) is 1. The molecule has 5 unspecified atom stereocenters. The van der Waals surface area contributed by atoms with Crippen molar-refractivity contribution < 1.29 is 24.2 Å². The Morgan fingerprint density at radius 1 is 1.38 bits per heavy atom. The average Bonchev–Trinajstić information content (AvgIpc) is 2.81. The van der Waals surface area contributed by atoms with E-state index in [4.69, 9.17) is 9.84 Å². The molecule has 2 saturated carbocycles. The van der Waals surface area contributed by atoms with Crippen molar-refractivity contribution >= 4 is 28.8 Å². The molecule has 0 spiro atoms. The SMILES string of the molecule is O=C(O)C(=O)SC1C2CC3C(=O)OC1C3C2. The molecule has 5 nitrogen and oxygen atoms in total. The Labute approximate surface area is 95.5 Å². The zero-order valence-electron chi connectivity index (χ0n) is 8.29. The zero-order chi connectivity index (χ0) is 11.4. The van der Waals surface area contributed by atoms with Crippen LogP contribution in [0.4, 0.5) is 0 Å². The van der Waals surface area contributed by atoms with E-state index in [2.05, 4.69) is 0 Å². The fraction of sp³-hybridized carbons (Fsp3) is 0.700. The molecule has 6 heteroatoms. The number of thioether (sulfide) groups is 1. The lowest BCUT2D eigenvalue weighted by Crippen LogP contribution is -2.31. The van der Waals surface area contributed by atoms with Crippen LogP contribution in [0.25, 0.3) is 0 Å². The topological polar surface area (TPSA) is 80.7 Å². The van der Waals surface area contributed by atoms with Crippen LogP contribution in [0.15, 0.2) is 0 Å². The highest BCUT2D eigenvalue weighted by molar-refractivity contribution is 8.15. The van der Waals surface area contributed by atoms with E-state index in [1.807, 2.05) is 0 Å². The van der Waals surface area contributed by atoms with Crippen molar-refractivity contribution in [2.75, 3.05) is 0 Å². The summed E-state index contributed by atoms with van der Waals surface area (Å²) in [5, 5.41) is 7.56. The summed E-state index contributed by atoms with van der Waals surface area (Å²) in [6.45, 7) is 0. The van der Waals surface area contributed by atoms with Crippen molar-refractivity contribution in [3.05, 3.63) is 0 Å². The lowest BCUT2D eigenvalue weighted by Gasteiger charge is -2.23. The Bertz CT molecular complexity index is 393. The Balaban J connectivity index is 1.77. The maximum Gasteiger partial charge on any atom is 0.383 e. The monoisotopic (exact) mass is 242 g/mol. The predicted octanol–water partition coefficient (Wildman–Crippen LogP) is 0.281. The van der Waals surface area contributed by atoms with Crippen LogP contribution in [-0.4, -0.2) is 33.5 Å². The minimum absolute atomic E-state index is 0.00628. The molecular weight excluding hydrogens is 232 g/mol. The third-order valence-electron chi connectivity index (χ3n) is 3.83. The van der Waals surface area contributed by atoms with Gasteiger partial charge in [0, 0.05) is 5.92 Å². The molecule has 0 aromatic heterocycles. The first kappa shape index (κ1) is 10.1. The largest absolute Gasteiger partial charge is 0.475 e. The summed E-state index contributed by atoms with van der Waals surface area (Å²) in [7, 11) is 0. The third-order valence-corrected chi connectivity index (χ3v) is 5.15. The van der Waals surface area contributed by atoms with Gasteiger partial charge >= 0.3 is 11.9 Å². The number of carbonyl (C=O) groups excluding carboxylic acids is 2. The summed E-state index contributed by atoms with van der Waals surface area (Å²) in [5.41, 5.74) is 0. The molecule has 5 atom stereocenters. The summed E-state index contributed by atoms with van der Waals surface area (Å²) in [6, 6.07) is 0. The number of aliphatic carboxylic acids is 1. The quantitative estimate of drug-likeness (QED) is 0.525. The van der Waals surface area contributed by atoms with Gasteiger partial charge in [0.1, 0.15) is 6.10 Å². The minimum atomic E-state index is -1.42. The van der Waals surface area contributed by atoms with Crippen LogP contribution >= 0.6 is 11.8 Å². The average molecular weight is 242 g/mol. The maximum atomic E-state index is 11.4. The highest BCUT2D eigenvalue weighted by atomic mass is 32.2. The van der Waals surface area contributed by atoms with Gasteiger partial charge in [-0.1, -0.05) is 11.8 Å². The lowest BCUT2D eigenvalue weighted by atomic mass is 9.89. The van der Waals surface area contributed by atoms with Gasteiger partial charge in [0.15, 0.2) is 0 Å². The number of hydrogen-bond acceptors (Lipinski definition) is 5. The standard InChI is InChI=1S/C10H10O5S/c11-8(12)10(14)16-7-3-1-4-5(2-3)9(13)15-6(4)7/h3-7H,1-2H2,(H,11,12). The number of esters is 1. The van der Waals surface area contributed by atoms with Crippen LogP contribution in [0.3, 0.4) is 0 Å². The van der Waals surface area contributed by atoms with E-state index < -0.39 is 11.1 Å². The smallest absolute Gasteiger partial charge is 0.383 e. The van der Waals surface area contributed by atoms with Crippen LogP contribution in [-0.2, 0) is 19.1 Å². The van der Waals surface area contributed by atoms with Gasteiger partial charge in [0.2, 0.25) is 0 Å². The predicted molar refractivity (Wildman–Crippen MR) is 53.6 cm³/mol. The second-order valence-electron chi connectivity index (χ2n) is 4.58. The maximum absolute atomic E-state index is 11.4. The zero-order valence-corrected chi connectivity index (χ0v) is 9.11. The Hall–Kier alpha value is -1.04.